The molecule has 0 atom stereocenters. The van der Waals surface area contributed by atoms with Crippen LogP contribution in [0.2, 0.25) is 0 Å². The second-order valence-electron chi connectivity index (χ2n) is 7.00. The number of nitrogens with zero attached hydrogens (tertiary/aromatic N) is 5. The van der Waals surface area contributed by atoms with Gasteiger partial charge in [0, 0.05) is 25.3 Å². The molecule has 0 saturated carbocycles. The van der Waals surface area contributed by atoms with Crippen LogP contribution in [0.5, 0.6) is 0 Å². The second-order valence-corrected chi connectivity index (χ2v) is 8.01. The quantitative estimate of drug-likeness (QED) is 0.619. The van der Waals surface area contributed by atoms with Gasteiger partial charge in [-0.2, -0.15) is 5.10 Å². The lowest BCUT2D eigenvalue weighted by Gasteiger charge is -2.21. The Kier molecular flexibility index (Phi) is 6.97. The molecular weight excluding hydrogens is 382 g/mol. The fraction of sp³-hybridized carbons (Fsp3) is 0.421. The summed E-state index contributed by atoms with van der Waals surface area (Å²) in [7, 11) is 4.00. The number of likely N-dealkylation sites (N-methyl/N-ethyl adjacent to an activating group) is 1. The van der Waals surface area contributed by atoms with E-state index in [0.717, 1.165) is 21.9 Å². The molecule has 0 N–H and O–H groups in total. The number of aryl methyl sites for hydroxylation is 1. The number of hydrogen-bond donors (Lipinski definition) is 0. The number of halogens is 1. The molecule has 6 nitrogen and oxygen atoms in total. The van der Waals surface area contributed by atoms with Crippen LogP contribution in [0.15, 0.2) is 30.5 Å². The third-order valence-electron chi connectivity index (χ3n) is 4.14. The number of hydrogen-bond acceptors (Lipinski definition) is 5. The Morgan fingerprint density at radius 2 is 1.96 bits per heavy atom. The average molecular weight is 408 g/mol. The lowest BCUT2D eigenvalue weighted by atomic mass is 10.2. The molecule has 27 heavy (non-hydrogen) atoms. The van der Waals surface area contributed by atoms with Crippen molar-refractivity contribution in [2.24, 2.45) is 0 Å². The first-order valence-electron chi connectivity index (χ1n) is 8.74. The molecule has 0 aliphatic carbocycles. The number of aromatic nitrogens is 3. The Morgan fingerprint density at radius 1 is 1.22 bits per heavy atom. The van der Waals surface area contributed by atoms with Crippen molar-refractivity contribution in [1.82, 2.24) is 19.7 Å². The zero-order valence-electron chi connectivity index (χ0n) is 16.3. The fourth-order valence-electron chi connectivity index (χ4n) is 2.60. The number of carbonyl (C=O) groups is 1. The lowest BCUT2D eigenvalue weighted by Crippen LogP contribution is -2.37. The largest absolute Gasteiger partial charge is 0.308 e. The highest BCUT2D eigenvalue weighted by molar-refractivity contribution is 7.22. The molecule has 3 rings (SSSR count). The number of thiazole rings is 1. The topological polar surface area (TPSA) is 54.3 Å². The van der Waals surface area contributed by atoms with Crippen molar-refractivity contribution in [3.8, 4) is 0 Å². The van der Waals surface area contributed by atoms with Crippen molar-refractivity contribution in [1.29, 1.82) is 0 Å². The Morgan fingerprint density at radius 3 is 2.59 bits per heavy atom. The molecule has 0 spiro atoms. The monoisotopic (exact) mass is 407 g/mol. The summed E-state index contributed by atoms with van der Waals surface area (Å²) in [6.07, 6.45) is 1.85. The minimum atomic E-state index is -0.109. The standard InChI is InChI=1S/C19H25N5OS.ClH/c1-13(2)24-9-8-16(21-24)18(25)23(11-10-22(4)5)19-20-15-7-6-14(3)12-17(15)26-19;/h6-9,12-13H,10-11H2,1-5H3;1H. The summed E-state index contributed by atoms with van der Waals surface area (Å²) in [5.41, 5.74) is 2.56. The predicted octanol–water partition coefficient (Wildman–Crippen LogP) is 4.01. The van der Waals surface area contributed by atoms with Crippen LogP contribution in [-0.4, -0.2) is 52.8 Å². The average Bonchev–Trinajstić information content (AvgIpc) is 3.20. The maximum Gasteiger partial charge on any atom is 0.280 e. The molecule has 3 aromatic rings. The molecule has 0 aliphatic heterocycles. The number of rotatable bonds is 6. The van der Waals surface area contributed by atoms with Gasteiger partial charge < -0.3 is 4.90 Å². The van der Waals surface area contributed by atoms with Gasteiger partial charge in [-0.3, -0.25) is 14.4 Å². The second kappa shape index (κ2) is 8.82. The van der Waals surface area contributed by atoms with Crippen LogP contribution in [0.1, 0.15) is 35.9 Å². The molecular formula is C19H26ClN5OS. The van der Waals surface area contributed by atoms with Crippen LogP contribution < -0.4 is 4.90 Å². The van der Waals surface area contributed by atoms with Crippen LogP contribution in [0.3, 0.4) is 0 Å². The molecule has 0 aliphatic rings. The molecule has 0 fully saturated rings. The van der Waals surface area contributed by atoms with Gasteiger partial charge in [-0.05, 0) is 58.6 Å². The van der Waals surface area contributed by atoms with Gasteiger partial charge in [0.05, 0.1) is 10.2 Å². The van der Waals surface area contributed by atoms with E-state index in [0.29, 0.717) is 12.2 Å². The summed E-state index contributed by atoms with van der Waals surface area (Å²) in [4.78, 5) is 21.6. The van der Waals surface area contributed by atoms with E-state index in [1.54, 1.807) is 27.0 Å². The van der Waals surface area contributed by atoms with Gasteiger partial charge in [0.25, 0.3) is 5.91 Å². The zero-order chi connectivity index (χ0) is 18.8. The summed E-state index contributed by atoms with van der Waals surface area (Å²) in [6.45, 7) is 7.47. The molecule has 146 valence electrons. The highest BCUT2D eigenvalue weighted by Crippen LogP contribution is 2.30. The van der Waals surface area contributed by atoms with E-state index in [1.165, 1.54) is 5.56 Å². The van der Waals surface area contributed by atoms with E-state index in [2.05, 4.69) is 23.0 Å². The molecule has 8 heteroatoms. The molecule has 0 bridgehead atoms. The third kappa shape index (κ3) is 4.86. The smallest absolute Gasteiger partial charge is 0.280 e. The fourth-order valence-corrected chi connectivity index (χ4v) is 3.69. The van der Waals surface area contributed by atoms with Gasteiger partial charge in [-0.15, -0.1) is 12.4 Å². The van der Waals surface area contributed by atoms with E-state index in [1.807, 2.05) is 46.3 Å². The zero-order valence-corrected chi connectivity index (χ0v) is 18.0. The first kappa shape index (κ1) is 21.3. The van der Waals surface area contributed by atoms with Gasteiger partial charge >= 0.3 is 0 Å². The molecule has 0 radical (unpaired) electrons. The molecule has 1 aromatic carbocycles. The molecule has 1 amide bonds. The van der Waals surface area contributed by atoms with Crippen LogP contribution in [0.25, 0.3) is 10.2 Å². The molecule has 2 aromatic heterocycles. The first-order chi connectivity index (χ1) is 12.3. The van der Waals surface area contributed by atoms with E-state index in [-0.39, 0.29) is 24.4 Å². The summed E-state index contributed by atoms with van der Waals surface area (Å²) in [5, 5.41) is 5.16. The maximum atomic E-state index is 13.1. The SMILES string of the molecule is Cc1ccc2nc(N(CCN(C)C)C(=O)c3ccn(C(C)C)n3)sc2c1.Cl. The summed E-state index contributed by atoms with van der Waals surface area (Å²) in [6, 6.07) is 8.16. The van der Waals surface area contributed by atoms with Crippen molar-refractivity contribution in [2.75, 3.05) is 32.1 Å². The predicted molar refractivity (Wildman–Crippen MR) is 114 cm³/mol. The van der Waals surface area contributed by atoms with Crippen LogP contribution in [0.4, 0.5) is 5.13 Å². The van der Waals surface area contributed by atoms with Gasteiger partial charge in [-0.1, -0.05) is 17.4 Å². The third-order valence-corrected chi connectivity index (χ3v) is 5.18. The Bertz CT molecular complexity index is 918. The van der Waals surface area contributed by atoms with Crippen molar-refractivity contribution < 1.29 is 4.79 Å². The van der Waals surface area contributed by atoms with Crippen LogP contribution in [0, 0.1) is 6.92 Å². The number of benzene rings is 1. The minimum absolute atomic E-state index is 0. The highest BCUT2D eigenvalue weighted by atomic mass is 35.5. The minimum Gasteiger partial charge on any atom is -0.308 e. The van der Waals surface area contributed by atoms with Gasteiger partial charge in [-0.25, -0.2) is 4.98 Å². The summed E-state index contributed by atoms with van der Waals surface area (Å²) < 4.78 is 2.90. The number of carbonyl (C=O) groups excluding carboxylic acids is 1. The first-order valence-corrected chi connectivity index (χ1v) is 9.55. The highest BCUT2D eigenvalue weighted by Gasteiger charge is 2.23. The van der Waals surface area contributed by atoms with Gasteiger partial charge in [0.1, 0.15) is 0 Å². The van der Waals surface area contributed by atoms with E-state index < -0.39 is 0 Å². The Labute approximate surface area is 170 Å². The van der Waals surface area contributed by atoms with Crippen molar-refractivity contribution in [2.45, 2.75) is 26.8 Å². The summed E-state index contributed by atoms with van der Waals surface area (Å²) in [5.74, 6) is -0.109. The van der Waals surface area contributed by atoms with Gasteiger partial charge in [0.2, 0.25) is 0 Å². The number of fused-ring (bicyclic) bond motifs is 1. The Hall–Kier alpha value is -1.96. The van der Waals surface area contributed by atoms with E-state index in [9.17, 15) is 4.79 Å². The Balaban J connectivity index is 0.00000261. The van der Waals surface area contributed by atoms with Gasteiger partial charge in [0.15, 0.2) is 10.8 Å². The van der Waals surface area contributed by atoms with E-state index >= 15 is 0 Å². The van der Waals surface area contributed by atoms with Crippen molar-refractivity contribution in [3.05, 3.63) is 41.7 Å². The summed E-state index contributed by atoms with van der Waals surface area (Å²) >= 11 is 1.55. The maximum absolute atomic E-state index is 13.1. The van der Waals surface area contributed by atoms with Crippen LogP contribution >= 0.6 is 23.7 Å². The molecule has 0 unspecified atom stereocenters. The number of anilines is 1. The molecule has 2 heterocycles. The molecule has 0 saturated heterocycles. The van der Waals surface area contributed by atoms with Crippen LogP contribution in [-0.2, 0) is 0 Å². The van der Waals surface area contributed by atoms with Crippen molar-refractivity contribution in [3.63, 3.8) is 0 Å². The normalized spacial score (nSPS) is 11.2. The van der Waals surface area contributed by atoms with E-state index in [4.69, 9.17) is 4.98 Å². The lowest BCUT2D eigenvalue weighted by molar-refractivity contribution is 0.0979. The number of amides is 1. The van der Waals surface area contributed by atoms with Crippen molar-refractivity contribution >= 4 is 45.0 Å².